The summed E-state index contributed by atoms with van der Waals surface area (Å²) >= 11 is 1.45. The highest BCUT2D eigenvalue weighted by atomic mass is 32.2. The molecule has 4 heteroatoms. The Kier molecular flexibility index (Phi) is 3.80. The zero-order valence-electron chi connectivity index (χ0n) is 8.27. The maximum atomic E-state index is 9.80. The standard InChI is InChI=1S/C10H15NO2S/c1-6(12)9(11)7-4-3-5-8(14-2)10(7)13/h3-6,9,12-13H,11H2,1-2H3. The van der Waals surface area contributed by atoms with Crippen LogP contribution in [0.25, 0.3) is 0 Å². The first-order chi connectivity index (χ1) is 6.57. The molecule has 0 saturated heterocycles. The van der Waals surface area contributed by atoms with Crippen molar-refractivity contribution in [3.63, 3.8) is 0 Å². The summed E-state index contributed by atoms with van der Waals surface area (Å²) in [5, 5.41) is 19.1. The number of aliphatic hydroxyl groups excluding tert-OH is 1. The molecule has 0 aliphatic carbocycles. The monoisotopic (exact) mass is 213 g/mol. The SMILES string of the molecule is CSc1cccc(C(N)C(C)O)c1O. The van der Waals surface area contributed by atoms with Gasteiger partial charge in [0.1, 0.15) is 5.75 Å². The third kappa shape index (κ3) is 2.20. The number of phenolic OH excluding ortho intramolecular Hbond substituents is 1. The van der Waals surface area contributed by atoms with Crippen LogP contribution >= 0.6 is 11.8 Å². The molecule has 3 nitrogen and oxygen atoms in total. The second-order valence-corrected chi connectivity index (χ2v) is 4.01. The molecule has 0 amide bonds. The van der Waals surface area contributed by atoms with Crippen LogP contribution in [0.3, 0.4) is 0 Å². The highest BCUT2D eigenvalue weighted by Gasteiger charge is 2.17. The van der Waals surface area contributed by atoms with E-state index in [4.69, 9.17) is 5.73 Å². The Hall–Kier alpha value is -0.710. The van der Waals surface area contributed by atoms with Gasteiger partial charge in [-0.15, -0.1) is 11.8 Å². The first kappa shape index (κ1) is 11.4. The van der Waals surface area contributed by atoms with Crippen LogP contribution in [0.5, 0.6) is 5.75 Å². The third-order valence-electron chi connectivity index (χ3n) is 2.13. The number of thioether (sulfide) groups is 1. The summed E-state index contributed by atoms with van der Waals surface area (Å²) in [6.07, 6.45) is 1.21. The smallest absolute Gasteiger partial charge is 0.133 e. The van der Waals surface area contributed by atoms with Crippen LogP contribution in [0, 0.1) is 0 Å². The zero-order valence-corrected chi connectivity index (χ0v) is 9.08. The fourth-order valence-corrected chi connectivity index (χ4v) is 1.76. The maximum absolute atomic E-state index is 9.80. The van der Waals surface area contributed by atoms with Gasteiger partial charge in [0.25, 0.3) is 0 Å². The van der Waals surface area contributed by atoms with Crippen molar-refractivity contribution in [1.29, 1.82) is 0 Å². The minimum Gasteiger partial charge on any atom is -0.506 e. The van der Waals surface area contributed by atoms with Gasteiger partial charge in [0.05, 0.1) is 12.1 Å². The highest BCUT2D eigenvalue weighted by Crippen LogP contribution is 2.33. The molecule has 0 saturated carbocycles. The van der Waals surface area contributed by atoms with Gasteiger partial charge in [0.15, 0.2) is 0 Å². The van der Waals surface area contributed by atoms with Gasteiger partial charge in [-0.25, -0.2) is 0 Å². The van der Waals surface area contributed by atoms with Crippen LogP contribution in [-0.4, -0.2) is 22.6 Å². The summed E-state index contributed by atoms with van der Waals surface area (Å²) in [4.78, 5) is 0.776. The van der Waals surface area contributed by atoms with E-state index in [1.54, 1.807) is 13.0 Å². The van der Waals surface area contributed by atoms with Crippen molar-refractivity contribution in [3.05, 3.63) is 23.8 Å². The number of aromatic hydroxyl groups is 1. The van der Waals surface area contributed by atoms with Gasteiger partial charge in [-0.1, -0.05) is 12.1 Å². The van der Waals surface area contributed by atoms with Gasteiger partial charge in [-0.2, -0.15) is 0 Å². The minimum absolute atomic E-state index is 0.174. The van der Waals surface area contributed by atoms with Gasteiger partial charge in [-0.05, 0) is 19.2 Å². The van der Waals surface area contributed by atoms with Crippen molar-refractivity contribution in [2.75, 3.05) is 6.26 Å². The number of hydrogen-bond donors (Lipinski definition) is 3. The number of rotatable bonds is 3. The molecule has 14 heavy (non-hydrogen) atoms. The molecule has 1 aromatic rings. The molecular weight excluding hydrogens is 198 g/mol. The quantitative estimate of drug-likeness (QED) is 0.666. The average Bonchev–Trinajstić information content (AvgIpc) is 2.17. The van der Waals surface area contributed by atoms with Gasteiger partial charge >= 0.3 is 0 Å². The van der Waals surface area contributed by atoms with Gasteiger partial charge in [-0.3, -0.25) is 0 Å². The van der Waals surface area contributed by atoms with Crippen molar-refractivity contribution in [3.8, 4) is 5.75 Å². The lowest BCUT2D eigenvalue weighted by Crippen LogP contribution is -2.23. The largest absolute Gasteiger partial charge is 0.506 e. The van der Waals surface area contributed by atoms with E-state index in [9.17, 15) is 10.2 Å². The number of nitrogens with two attached hydrogens (primary N) is 1. The van der Waals surface area contributed by atoms with Crippen LogP contribution in [0.2, 0.25) is 0 Å². The van der Waals surface area contributed by atoms with Crippen LogP contribution in [0.1, 0.15) is 18.5 Å². The van der Waals surface area contributed by atoms with Gasteiger partial charge < -0.3 is 15.9 Å². The fourth-order valence-electron chi connectivity index (χ4n) is 1.23. The van der Waals surface area contributed by atoms with Crippen LogP contribution < -0.4 is 5.73 Å². The summed E-state index contributed by atoms with van der Waals surface area (Å²) in [6, 6.07) is 4.83. The minimum atomic E-state index is -0.669. The highest BCUT2D eigenvalue weighted by molar-refractivity contribution is 7.98. The molecule has 0 bridgehead atoms. The fraction of sp³-hybridized carbons (Fsp3) is 0.400. The molecule has 1 aromatic carbocycles. The molecule has 0 aliphatic heterocycles. The first-order valence-corrected chi connectivity index (χ1v) is 5.60. The summed E-state index contributed by atoms with van der Waals surface area (Å²) in [6.45, 7) is 1.61. The van der Waals surface area contributed by atoms with Crippen molar-refractivity contribution in [1.82, 2.24) is 0 Å². The van der Waals surface area contributed by atoms with Crippen molar-refractivity contribution in [2.45, 2.75) is 24.0 Å². The second kappa shape index (κ2) is 4.68. The van der Waals surface area contributed by atoms with Crippen LogP contribution in [-0.2, 0) is 0 Å². The van der Waals surface area contributed by atoms with Crippen molar-refractivity contribution < 1.29 is 10.2 Å². The molecular formula is C10H15NO2S. The Morgan fingerprint density at radius 1 is 1.43 bits per heavy atom. The van der Waals surface area contributed by atoms with Crippen molar-refractivity contribution in [2.24, 2.45) is 5.73 Å². The average molecular weight is 213 g/mol. The number of hydrogen-bond acceptors (Lipinski definition) is 4. The lowest BCUT2D eigenvalue weighted by Gasteiger charge is -2.17. The Labute approximate surface area is 87.9 Å². The van der Waals surface area contributed by atoms with Crippen LogP contribution in [0.4, 0.5) is 0 Å². The van der Waals surface area contributed by atoms with E-state index in [-0.39, 0.29) is 5.75 Å². The van der Waals surface area contributed by atoms with E-state index >= 15 is 0 Å². The Morgan fingerprint density at radius 3 is 2.57 bits per heavy atom. The molecule has 78 valence electrons. The molecule has 0 fully saturated rings. The summed E-state index contributed by atoms with van der Waals surface area (Å²) in [5.41, 5.74) is 6.33. The Bertz CT molecular complexity index is 315. The van der Waals surface area contributed by atoms with Gasteiger partial charge in [0, 0.05) is 10.5 Å². The number of phenols is 1. The van der Waals surface area contributed by atoms with E-state index in [1.807, 2.05) is 18.4 Å². The van der Waals surface area contributed by atoms with E-state index in [0.29, 0.717) is 5.56 Å². The molecule has 0 aliphatic rings. The second-order valence-electron chi connectivity index (χ2n) is 3.16. The predicted octanol–water partition coefficient (Wildman–Crippen LogP) is 1.49. The van der Waals surface area contributed by atoms with Crippen molar-refractivity contribution >= 4 is 11.8 Å². The lowest BCUT2D eigenvalue weighted by molar-refractivity contribution is 0.162. The molecule has 0 aromatic heterocycles. The molecule has 1 rings (SSSR count). The molecule has 2 unspecified atom stereocenters. The maximum Gasteiger partial charge on any atom is 0.133 e. The molecule has 4 N–H and O–H groups in total. The normalized spacial score (nSPS) is 15.1. The third-order valence-corrected chi connectivity index (χ3v) is 2.90. The summed E-state index contributed by atoms with van der Waals surface area (Å²) < 4.78 is 0. The van der Waals surface area contributed by atoms with E-state index in [0.717, 1.165) is 4.90 Å². The topological polar surface area (TPSA) is 66.5 Å². The van der Waals surface area contributed by atoms with E-state index in [1.165, 1.54) is 11.8 Å². The first-order valence-electron chi connectivity index (χ1n) is 4.37. The van der Waals surface area contributed by atoms with Gasteiger partial charge in [0.2, 0.25) is 0 Å². The number of benzene rings is 1. The summed E-state index contributed by atoms with van der Waals surface area (Å²) in [5.74, 6) is 0.174. The molecule has 0 spiro atoms. The van der Waals surface area contributed by atoms with E-state index < -0.39 is 12.1 Å². The molecule has 0 radical (unpaired) electrons. The summed E-state index contributed by atoms with van der Waals surface area (Å²) in [7, 11) is 0. The Morgan fingerprint density at radius 2 is 2.07 bits per heavy atom. The van der Waals surface area contributed by atoms with E-state index in [2.05, 4.69) is 0 Å². The molecule has 0 heterocycles. The Balaban J connectivity index is 3.09. The van der Waals surface area contributed by atoms with Crippen LogP contribution in [0.15, 0.2) is 23.1 Å². The zero-order chi connectivity index (χ0) is 10.7. The number of para-hydroxylation sites is 1. The molecule has 2 atom stereocenters. The lowest BCUT2D eigenvalue weighted by atomic mass is 10.0. The predicted molar refractivity (Wildman–Crippen MR) is 58.5 cm³/mol. The number of aliphatic hydroxyl groups is 1.